The fourth-order valence-electron chi connectivity index (χ4n) is 3.55. The highest BCUT2D eigenvalue weighted by atomic mass is 19.1. The number of ether oxygens (including phenoxy) is 2. The van der Waals surface area contributed by atoms with E-state index >= 15 is 0 Å². The molecule has 0 fully saturated rings. The molecule has 0 aliphatic carbocycles. The molecule has 12 heteroatoms. The third kappa shape index (κ3) is 7.99. The number of aliphatic hydroxyl groups excluding tert-OH is 1. The lowest BCUT2D eigenvalue weighted by atomic mass is 9.96. The summed E-state index contributed by atoms with van der Waals surface area (Å²) in [5.41, 5.74) is -2.26. The number of methoxy groups -OCH3 is 1. The summed E-state index contributed by atoms with van der Waals surface area (Å²) in [6.45, 7) is 8.06. The predicted molar refractivity (Wildman–Crippen MR) is 137 cm³/mol. The van der Waals surface area contributed by atoms with Crippen molar-refractivity contribution < 1.29 is 33.7 Å². The van der Waals surface area contributed by atoms with Crippen molar-refractivity contribution in [3.63, 3.8) is 0 Å². The number of nitrogens with zero attached hydrogens (tertiary/aromatic N) is 2. The number of aromatic nitrogens is 2. The van der Waals surface area contributed by atoms with Crippen molar-refractivity contribution in [1.29, 1.82) is 0 Å². The highest BCUT2D eigenvalue weighted by molar-refractivity contribution is 5.94. The van der Waals surface area contributed by atoms with Gasteiger partial charge >= 0.3 is 6.09 Å². The first kappa shape index (κ1) is 30.7. The lowest BCUT2D eigenvalue weighted by Crippen LogP contribution is -2.40. The van der Waals surface area contributed by atoms with Crippen LogP contribution in [0.15, 0.2) is 23.0 Å². The zero-order valence-corrected chi connectivity index (χ0v) is 22.8. The van der Waals surface area contributed by atoms with Gasteiger partial charge in [-0.3, -0.25) is 9.59 Å². The number of aromatic amines is 1. The molecule has 210 valence electrons. The van der Waals surface area contributed by atoms with Crippen LogP contribution in [0.5, 0.6) is 5.75 Å². The van der Waals surface area contributed by atoms with Crippen molar-refractivity contribution in [2.45, 2.75) is 71.2 Å². The van der Waals surface area contributed by atoms with Gasteiger partial charge < -0.3 is 34.9 Å². The smallest absolute Gasteiger partial charge is 0.410 e. The summed E-state index contributed by atoms with van der Waals surface area (Å²) < 4.78 is 24.4. The van der Waals surface area contributed by atoms with Gasteiger partial charge in [0.15, 0.2) is 5.69 Å². The zero-order valence-electron chi connectivity index (χ0n) is 22.8. The van der Waals surface area contributed by atoms with Crippen LogP contribution in [0.3, 0.4) is 0 Å². The maximum atomic E-state index is 13.5. The Kier molecular flexibility index (Phi) is 9.99. The fourth-order valence-corrected chi connectivity index (χ4v) is 3.55. The molecule has 2 atom stereocenters. The number of hydrogen-bond acceptors (Lipinski definition) is 8. The topological polar surface area (TPSA) is 154 Å². The predicted octanol–water partition coefficient (Wildman–Crippen LogP) is 2.94. The van der Waals surface area contributed by atoms with Crippen LogP contribution in [0, 0.1) is 12.7 Å². The molecule has 0 aliphatic heterocycles. The van der Waals surface area contributed by atoms with E-state index in [9.17, 15) is 29.0 Å². The van der Waals surface area contributed by atoms with Gasteiger partial charge in [0.25, 0.3) is 11.5 Å². The van der Waals surface area contributed by atoms with E-state index in [1.165, 1.54) is 31.2 Å². The SMILES string of the molecule is COC(C)(CO)CCC(c1nc(C(=O)NCc2ccc(F)c(C)c2)c(O)c(=O)[nH]1)N(C)C(=O)OC(C)(C)C. The lowest BCUT2D eigenvalue weighted by molar-refractivity contribution is -0.0491. The number of aryl methyl sites for hydroxylation is 1. The van der Waals surface area contributed by atoms with Gasteiger partial charge in [-0.2, -0.15) is 0 Å². The van der Waals surface area contributed by atoms with E-state index in [4.69, 9.17) is 9.47 Å². The Morgan fingerprint density at radius 1 is 1.26 bits per heavy atom. The summed E-state index contributed by atoms with van der Waals surface area (Å²) in [5, 5.41) is 22.6. The van der Waals surface area contributed by atoms with E-state index in [1.54, 1.807) is 40.7 Å². The molecule has 1 heterocycles. The highest BCUT2D eigenvalue weighted by Crippen LogP contribution is 2.29. The molecule has 2 unspecified atom stereocenters. The summed E-state index contributed by atoms with van der Waals surface area (Å²) in [6.07, 6.45) is -0.308. The maximum Gasteiger partial charge on any atom is 0.410 e. The summed E-state index contributed by atoms with van der Waals surface area (Å²) in [7, 11) is 2.89. The van der Waals surface area contributed by atoms with Crippen molar-refractivity contribution in [2.24, 2.45) is 0 Å². The third-order valence-electron chi connectivity index (χ3n) is 6.04. The van der Waals surface area contributed by atoms with Crippen LogP contribution in [0.1, 0.15) is 74.0 Å². The average Bonchev–Trinajstić information content (AvgIpc) is 2.85. The van der Waals surface area contributed by atoms with E-state index in [-0.39, 0.29) is 37.6 Å². The number of benzene rings is 1. The number of amides is 2. The monoisotopic (exact) mass is 536 g/mol. The molecule has 2 aromatic rings. The van der Waals surface area contributed by atoms with Crippen LogP contribution in [-0.2, 0) is 16.0 Å². The second kappa shape index (κ2) is 12.4. The van der Waals surface area contributed by atoms with E-state index in [1.807, 2.05) is 0 Å². The molecule has 1 aromatic heterocycles. The second-order valence-electron chi connectivity index (χ2n) is 10.4. The molecular formula is C26H37FN4O7. The normalized spacial score (nSPS) is 13.9. The Bertz CT molecular complexity index is 1210. The van der Waals surface area contributed by atoms with Crippen molar-refractivity contribution >= 4 is 12.0 Å². The Hall–Kier alpha value is -3.51. The van der Waals surface area contributed by atoms with E-state index in [0.29, 0.717) is 11.1 Å². The molecule has 38 heavy (non-hydrogen) atoms. The first-order chi connectivity index (χ1) is 17.6. The largest absolute Gasteiger partial charge is 0.501 e. The van der Waals surface area contributed by atoms with Crippen LogP contribution < -0.4 is 10.9 Å². The van der Waals surface area contributed by atoms with Crippen molar-refractivity contribution in [3.8, 4) is 5.75 Å². The number of rotatable bonds is 10. The first-order valence-corrected chi connectivity index (χ1v) is 12.1. The molecule has 0 aliphatic rings. The van der Waals surface area contributed by atoms with E-state index in [0.717, 1.165) is 0 Å². The molecule has 0 radical (unpaired) electrons. The molecule has 2 rings (SSSR count). The summed E-state index contributed by atoms with van der Waals surface area (Å²) in [5.74, 6) is -2.19. The molecule has 1 aromatic carbocycles. The first-order valence-electron chi connectivity index (χ1n) is 12.1. The number of halogens is 1. The average molecular weight is 537 g/mol. The van der Waals surface area contributed by atoms with Crippen molar-refractivity contribution in [2.75, 3.05) is 20.8 Å². The Balaban J connectivity index is 2.42. The lowest BCUT2D eigenvalue weighted by Gasteiger charge is -2.33. The number of nitrogens with one attached hydrogen (secondary N) is 2. The summed E-state index contributed by atoms with van der Waals surface area (Å²) in [4.78, 5) is 46.2. The highest BCUT2D eigenvalue weighted by Gasteiger charge is 2.33. The minimum atomic E-state index is -0.975. The second-order valence-corrected chi connectivity index (χ2v) is 10.4. The molecule has 4 N–H and O–H groups in total. The van der Waals surface area contributed by atoms with Gasteiger partial charge in [0.05, 0.1) is 18.2 Å². The van der Waals surface area contributed by atoms with Gasteiger partial charge in [0.2, 0.25) is 5.75 Å². The van der Waals surface area contributed by atoms with Gasteiger partial charge in [0, 0.05) is 20.7 Å². The Morgan fingerprint density at radius 3 is 2.47 bits per heavy atom. The Morgan fingerprint density at radius 2 is 1.92 bits per heavy atom. The van der Waals surface area contributed by atoms with E-state index < -0.39 is 46.2 Å². The van der Waals surface area contributed by atoms with Gasteiger partial charge in [-0.05, 0) is 64.7 Å². The molecule has 11 nitrogen and oxygen atoms in total. The third-order valence-corrected chi connectivity index (χ3v) is 6.04. The standard InChI is InChI=1S/C26H37FN4O7/c1-15-12-16(8-9-17(15)27)13-28-22(34)19-20(33)23(35)30-21(29-19)18(10-11-26(5,14-32)37-7)31(6)24(36)38-25(2,3)4/h8-9,12,18,32-33H,10-11,13-14H2,1-7H3,(H,28,34)(H,29,30,35). The number of carbonyl (C=O) groups is 2. The van der Waals surface area contributed by atoms with Gasteiger partial charge in [-0.25, -0.2) is 14.2 Å². The minimum Gasteiger partial charge on any atom is -0.501 e. The van der Waals surface area contributed by atoms with Crippen LogP contribution in [0.2, 0.25) is 0 Å². The molecule has 2 amide bonds. The number of aliphatic hydroxyl groups is 1. The van der Waals surface area contributed by atoms with Gasteiger partial charge in [-0.1, -0.05) is 12.1 Å². The van der Waals surface area contributed by atoms with Crippen molar-refractivity contribution in [1.82, 2.24) is 20.2 Å². The molecule has 0 saturated carbocycles. The van der Waals surface area contributed by atoms with E-state index in [2.05, 4.69) is 15.3 Å². The minimum absolute atomic E-state index is 0.00681. The molecular weight excluding hydrogens is 499 g/mol. The number of H-pyrrole nitrogens is 1. The summed E-state index contributed by atoms with van der Waals surface area (Å²) >= 11 is 0. The van der Waals surface area contributed by atoms with Gasteiger partial charge in [-0.15, -0.1) is 0 Å². The molecule has 0 bridgehead atoms. The number of carbonyl (C=O) groups excluding carboxylic acids is 2. The zero-order chi connectivity index (χ0) is 28.8. The quantitative estimate of drug-likeness (QED) is 0.361. The van der Waals surface area contributed by atoms with Crippen LogP contribution in [-0.4, -0.2) is 69.0 Å². The van der Waals surface area contributed by atoms with Crippen LogP contribution >= 0.6 is 0 Å². The molecule has 0 spiro atoms. The van der Waals surface area contributed by atoms with Crippen LogP contribution in [0.25, 0.3) is 0 Å². The Labute approximate surface area is 221 Å². The summed E-state index contributed by atoms with van der Waals surface area (Å²) in [6, 6.07) is 3.42. The van der Waals surface area contributed by atoms with Crippen LogP contribution in [0.4, 0.5) is 9.18 Å². The number of aromatic hydroxyl groups is 1. The fraction of sp³-hybridized carbons (Fsp3) is 0.538. The molecule has 0 saturated heterocycles. The van der Waals surface area contributed by atoms with Crippen molar-refractivity contribution in [3.05, 3.63) is 57.0 Å². The van der Waals surface area contributed by atoms with Gasteiger partial charge in [0.1, 0.15) is 17.2 Å². The maximum absolute atomic E-state index is 13.5. The number of hydrogen-bond donors (Lipinski definition) is 4.